The quantitative estimate of drug-likeness (QED) is 0.640. The van der Waals surface area contributed by atoms with E-state index in [0.717, 1.165) is 16.6 Å². The van der Waals surface area contributed by atoms with Crippen molar-refractivity contribution in [3.05, 3.63) is 35.4 Å². The van der Waals surface area contributed by atoms with Crippen LogP contribution in [0, 0.1) is 0 Å². The van der Waals surface area contributed by atoms with Gasteiger partial charge < -0.3 is 14.8 Å². The molecule has 72 valence electrons. The van der Waals surface area contributed by atoms with E-state index < -0.39 is 7.12 Å². The molecule has 14 heavy (non-hydrogen) atoms. The summed E-state index contributed by atoms with van der Waals surface area (Å²) < 4.78 is 5.10. The van der Waals surface area contributed by atoms with Gasteiger partial charge in [-0.25, -0.2) is 0 Å². The summed E-state index contributed by atoms with van der Waals surface area (Å²) in [5, 5.41) is 18.2. The van der Waals surface area contributed by atoms with Gasteiger partial charge in [0.2, 0.25) is 0 Å². The topological polar surface area (TPSA) is 49.7 Å². The third-order valence-electron chi connectivity index (χ3n) is 2.28. The van der Waals surface area contributed by atoms with Crippen molar-refractivity contribution in [2.75, 3.05) is 6.61 Å². The fraction of sp³-hybridized carbons (Fsp3) is 0.200. The summed E-state index contributed by atoms with van der Waals surface area (Å²) >= 11 is 0. The van der Waals surface area contributed by atoms with Crippen LogP contribution >= 0.6 is 0 Å². The molecule has 0 radical (unpaired) electrons. The van der Waals surface area contributed by atoms with E-state index in [9.17, 15) is 5.02 Å². The molecule has 0 spiro atoms. The second-order valence-electron chi connectivity index (χ2n) is 3.17. The molecular formula is C10H11BO3. The van der Waals surface area contributed by atoms with Crippen LogP contribution in [0.3, 0.4) is 0 Å². The Kier molecular flexibility index (Phi) is 2.68. The van der Waals surface area contributed by atoms with Crippen LogP contribution in [0.15, 0.2) is 24.3 Å². The Balaban J connectivity index is 2.41. The van der Waals surface area contributed by atoms with Gasteiger partial charge in [-0.05, 0) is 16.6 Å². The van der Waals surface area contributed by atoms with Crippen LogP contribution < -0.4 is 5.46 Å². The Morgan fingerprint density at radius 2 is 2.36 bits per heavy atom. The molecule has 2 N–H and O–H groups in total. The predicted molar refractivity (Wildman–Crippen MR) is 55.0 cm³/mol. The van der Waals surface area contributed by atoms with Gasteiger partial charge in [-0.2, -0.15) is 0 Å². The smallest absolute Gasteiger partial charge is 0.423 e. The molecule has 0 atom stereocenters. The first-order chi connectivity index (χ1) is 6.83. The second kappa shape index (κ2) is 3.96. The zero-order valence-electron chi connectivity index (χ0n) is 7.68. The molecular weight excluding hydrogens is 179 g/mol. The number of hydrogen-bond donors (Lipinski definition) is 2. The van der Waals surface area contributed by atoms with Gasteiger partial charge in [-0.1, -0.05) is 30.4 Å². The summed E-state index contributed by atoms with van der Waals surface area (Å²) in [7, 11) is -0.829. The van der Waals surface area contributed by atoms with Crippen LogP contribution in [0.4, 0.5) is 0 Å². The highest BCUT2D eigenvalue weighted by Gasteiger charge is 2.28. The molecule has 0 aliphatic carbocycles. The molecule has 1 aromatic rings. The third-order valence-corrected chi connectivity index (χ3v) is 2.28. The first-order valence-electron chi connectivity index (χ1n) is 4.52. The third kappa shape index (κ3) is 1.59. The SMILES string of the molecule is OC/C=C/c1cccc2c1B(O)OC2. The van der Waals surface area contributed by atoms with E-state index in [1.807, 2.05) is 18.2 Å². The highest BCUT2D eigenvalue weighted by molar-refractivity contribution is 6.62. The van der Waals surface area contributed by atoms with Gasteiger partial charge in [0.15, 0.2) is 0 Å². The van der Waals surface area contributed by atoms with Crippen molar-refractivity contribution >= 4 is 18.7 Å². The summed E-state index contributed by atoms with van der Waals surface area (Å²) in [5.41, 5.74) is 2.73. The molecule has 1 aliphatic rings. The lowest BCUT2D eigenvalue weighted by Gasteiger charge is -2.02. The van der Waals surface area contributed by atoms with Crippen LogP contribution in [-0.4, -0.2) is 23.9 Å². The van der Waals surface area contributed by atoms with Crippen LogP contribution in [0.5, 0.6) is 0 Å². The van der Waals surface area contributed by atoms with E-state index in [0.29, 0.717) is 6.61 Å². The van der Waals surface area contributed by atoms with E-state index in [4.69, 9.17) is 9.76 Å². The number of fused-ring (bicyclic) bond motifs is 1. The molecule has 0 bridgehead atoms. The minimum Gasteiger partial charge on any atom is -0.423 e. The molecule has 0 aromatic heterocycles. The molecule has 0 fully saturated rings. The van der Waals surface area contributed by atoms with E-state index in [1.165, 1.54) is 0 Å². The molecule has 0 unspecified atom stereocenters. The fourth-order valence-corrected chi connectivity index (χ4v) is 1.64. The zero-order valence-corrected chi connectivity index (χ0v) is 7.68. The Labute approximate surface area is 82.8 Å². The van der Waals surface area contributed by atoms with Crippen molar-refractivity contribution in [1.29, 1.82) is 0 Å². The van der Waals surface area contributed by atoms with Gasteiger partial charge in [-0.15, -0.1) is 0 Å². The second-order valence-corrected chi connectivity index (χ2v) is 3.17. The number of benzene rings is 1. The van der Waals surface area contributed by atoms with Crippen molar-refractivity contribution in [3.63, 3.8) is 0 Å². The summed E-state index contributed by atoms with van der Waals surface area (Å²) in [6.45, 7) is 0.456. The van der Waals surface area contributed by atoms with Crippen molar-refractivity contribution in [3.8, 4) is 0 Å². The average Bonchev–Trinajstić information content (AvgIpc) is 2.58. The molecule has 1 aromatic carbocycles. The highest BCUT2D eigenvalue weighted by atomic mass is 16.5. The van der Waals surface area contributed by atoms with Crippen LogP contribution in [0.2, 0.25) is 0 Å². The summed E-state index contributed by atoms with van der Waals surface area (Å²) in [4.78, 5) is 0. The van der Waals surface area contributed by atoms with E-state index >= 15 is 0 Å². The van der Waals surface area contributed by atoms with Crippen LogP contribution in [0.1, 0.15) is 11.1 Å². The maximum Gasteiger partial charge on any atom is 0.492 e. The van der Waals surface area contributed by atoms with E-state index in [-0.39, 0.29) is 6.61 Å². The van der Waals surface area contributed by atoms with Crippen molar-refractivity contribution in [2.45, 2.75) is 6.61 Å². The van der Waals surface area contributed by atoms with Crippen molar-refractivity contribution in [1.82, 2.24) is 0 Å². The zero-order chi connectivity index (χ0) is 9.97. The molecule has 4 heteroatoms. The molecule has 0 saturated heterocycles. The number of aliphatic hydroxyl groups excluding tert-OH is 1. The van der Waals surface area contributed by atoms with Gasteiger partial charge in [0.25, 0.3) is 0 Å². The van der Waals surface area contributed by atoms with Gasteiger partial charge in [0.1, 0.15) is 0 Å². The normalized spacial score (nSPS) is 15.1. The lowest BCUT2D eigenvalue weighted by atomic mass is 9.76. The van der Waals surface area contributed by atoms with Gasteiger partial charge in [0.05, 0.1) is 13.2 Å². The molecule has 0 amide bonds. The van der Waals surface area contributed by atoms with Crippen molar-refractivity contribution in [2.24, 2.45) is 0 Å². The van der Waals surface area contributed by atoms with Gasteiger partial charge in [-0.3, -0.25) is 0 Å². The summed E-state index contributed by atoms with van der Waals surface area (Å²) in [6.07, 6.45) is 3.43. The number of rotatable bonds is 2. The lowest BCUT2D eigenvalue weighted by Crippen LogP contribution is -2.30. The van der Waals surface area contributed by atoms with Gasteiger partial charge >= 0.3 is 7.12 Å². The standard InChI is InChI=1S/C10H11BO3/c12-6-2-5-8-3-1-4-9-7-14-11(13)10(8)9/h1-5,12-13H,6-7H2/b5-2+. The van der Waals surface area contributed by atoms with Crippen molar-refractivity contribution < 1.29 is 14.8 Å². The monoisotopic (exact) mass is 190 g/mol. The molecule has 1 heterocycles. The minimum atomic E-state index is -0.829. The Bertz CT molecular complexity index is 362. The van der Waals surface area contributed by atoms with E-state index in [2.05, 4.69) is 0 Å². The average molecular weight is 190 g/mol. The first kappa shape index (κ1) is 9.46. The molecule has 2 rings (SSSR count). The Hall–Kier alpha value is -1.10. The Morgan fingerprint density at radius 1 is 1.50 bits per heavy atom. The number of hydrogen-bond acceptors (Lipinski definition) is 3. The fourth-order valence-electron chi connectivity index (χ4n) is 1.64. The maximum absolute atomic E-state index is 9.54. The number of aliphatic hydroxyl groups is 1. The summed E-state index contributed by atoms with van der Waals surface area (Å²) in [6, 6.07) is 5.74. The molecule has 3 nitrogen and oxygen atoms in total. The first-order valence-corrected chi connectivity index (χ1v) is 4.52. The summed E-state index contributed by atoms with van der Waals surface area (Å²) in [5.74, 6) is 0. The van der Waals surface area contributed by atoms with E-state index in [1.54, 1.807) is 12.2 Å². The highest BCUT2D eigenvalue weighted by Crippen LogP contribution is 2.13. The van der Waals surface area contributed by atoms with Gasteiger partial charge in [0, 0.05) is 0 Å². The van der Waals surface area contributed by atoms with Crippen LogP contribution in [-0.2, 0) is 11.3 Å². The largest absolute Gasteiger partial charge is 0.492 e. The molecule has 1 aliphatic heterocycles. The maximum atomic E-state index is 9.54. The minimum absolute atomic E-state index is 0.000615. The van der Waals surface area contributed by atoms with Crippen LogP contribution in [0.25, 0.3) is 6.08 Å². The Morgan fingerprint density at radius 3 is 3.14 bits per heavy atom. The lowest BCUT2D eigenvalue weighted by molar-refractivity contribution is 0.275. The molecule has 0 saturated carbocycles. The predicted octanol–water partition coefficient (Wildman–Crippen LogP) is -0.0902.